The molecule has 0 bridgehead atoms. The summed E-state index contributed by atoms with van der Waals surface area (Å²) in [5.74, 6) is -0.272. The molecule has 1 aliphatic heterocycles. The van der Waals surface area contributed by atoms with Crippen molar-refractivity contribution in [1.82, 2.24) is 19.5 Å². The lowest BCUT2D eigenvalue weighted by Crippen LogP contribution is -2.57. The Hall–Kier alpha value is -3.09. The Morgan fingerprint density at radius 1 is 1.08 bits per heavy atom. The van der Waals surface area contributed by atoms with Crippen molar-refractivity contribution in [2.75, 3.05) is 33.2 Å². The van der Waals surface area contributed by atoms with Crippen molar-refractivity contribution in [2.45, 2.75) is 37.4 Å². The van der Waals surface area contributed by atoms with E-state index < -0.39 is 11.6 Å². The molecule has 2 aromatic carbocycles. The van der Waals surface area contributed by atoms with Crippen LogP contribution >= 0.6 is 11.5 Å². The lowest BCUT2D eigenvalue weighted by molar-refractivity contribution is -0.126. The van der Waals surface area contributed by atoms with E-state index in [4.69, 9.17) is 5.73 Å². The summed E-state index contributed by atoms with van der Waals surface area (Å²) in [5.41, 5.74) is 11.1. The highest BCUT2D eigenvalue weighted by molar-refractivity contribution is 7.06. The molecule has 2 heterocycles. The van der Waals surface area contributed by atoms with Crippen molar-refractivity contribution in [2.24, 2.45) is 5.73 Å². The Kier molecular flexibility index (Phi) is 7.17. The summed E-state index contributed by atoms with van der Waals surface area (Å²) in [6.45, 7) is 5.47. The second-order valence-corrected chi connectivity index (χ2v) is 11.0. The number of rotatable bonds is 7. The third kappa shape index (κ3) is 5.50. The fourth-order valence-corrected chi connectivity index (χ4v) is 5.86. The van der Waals surface area contributed by atoms with Gasteiger partial charge < -0.3 is 16.0 Å². The average molecular weight is 501 g/mol. The fourth-order valence-electron chi connectivity index (χ4n) is 4.99. The Morgan fingerprint density at radius 2 is 1.72 bits per heavy atom. The zero-order valence-electron chi connectivity index (χ0n) is 20.6. The molecule has 2 aliphatic rings. The van der Waals surface area contributed by atoms with Crippen molar-refractivity contribution in [3.8, 4) is 17.2 Å². The summed E-state index contributed by atoms with van der Waals surface area (Å²) in [4.78, 5) is 18.8. The molecular formula is C28H32N6OS. The minimum absolute atomic E-state index is 0.272. The van der Waals surface area contributed by atoms with Crippen molar-refractivity contribution in [3.63, 3.8) is 0 Å². The van der Waals surface area contributed by atoms with Crippen LogP contribution in [0.1, 0.15) is 21.6 Å². The Balaban J connectivity index is 1.16. The van der Waals surface area contributed by atoms with Gasteiger partial charge >= 0.3 is 0 Å². The fraction of sp³-hybridized carbons (Fsp3) is 0.393. The van der Waals surface area contributed by atoms with Gasteiger partial charge in [-0.3, -0.25) is 9.69 Å². The lowest BCUT2D eigenvalue weighted by Gasteiger charge is -2.32. The minimum Gasteiger partial charge on any atom is -0.338 e. The number of piperazine rings is 1. The van der Waals surface area contributed by atoms with Gasteiger partial charge in [-0.05, 0) is 46.4 Å². The molecule has 1 aliphatic carbocycles. The molecule has 0 radical (unpaired) electrons. The number of carbonyl (C=O) groups excluding carboxylic acids is 1. The second kappa shape index (κ2) is 10.5. The van der Waals surface area contributed by atoms with E-state index in [1.807, 2.05) is 12.1 Å². The van der Waals surface area contributed by atoms with Crippen LogP contribution in [0.25, 0.3) is 11.1 Å². The highest BCUT2D eigenvalue weighted by Gasteiger charge is 2.42. The average Bonchev–Trinajstić information content (AvgIpc) is 3.45. The van der Waals surface area contributed by atoms with E-state index in [0.717, 1.165) is 54.3 Å². The number of nitriles is 1. The number of nitrogens with two attached hydrogens (primary N) is 1. The first-order valence-electron chi connectivity index (χ1n) is 12.4. The van der Waals surface area contributed by atoms with Crippen LogP contribution in [0.3, 0.4) is 0 Å². The van der Waals surface area contributed by atoms with Gasteiger partial charge in [-0.1, -0.05) is 48.5 Å². The molecule has 2 atom stereocenters. The van der Waals surface area contributed by atoms with Gasteiger partial charge in [0.1, 0.15) is 11.6 Å². The quantitative estimate of drug-likeness (QED) is 0.518. The molecule has 7 nitrogen and oxygen atoms in total. The molecule has 3 N–H and O–H groups in total. The van der Waals surface area contributed by atoms with Crippen molar-refractivity contribution >= 4 is 17.4 Å². The van der Waals surface area contributed by atoms with Crippen molar-refractivity contribution < 1.29 is 4.79 Å². The molecule has 1 aromatic heterocycles. The maximum atomic E-state index is 12.9. The van der Waals surface area contributed by atoms with Crippen molar-refractivity contribution in [3.05, 3.63) is 76.3 Å². The van der Waals surface area contributed by atoms with Crippen LogP contribution in [-0.4, -0.2) is 64.9 Å². The predicted octanol–water partition coefficient (Wildman–Crippen LogP) is 2.60. The molecule has 2 unspecified atom stereocenters. The topological polar surface area (TPSA) is 98.3 Å². The van der Waals surface area contributed by atoms with E-state index in [1.54, 1.807) is 6.20 Å². The summed E-state index contributed by atoms with van der Waals surface area (Å²) in [5, 5.41) is 12.5. The molecule has 0 spiro atoms. The number of fused-ring (bicyclic) bond motifs is 1. The third-order valence-corrected chi connectivity index (χ3v) is 8.15. The SMILES string of the molecule is CN1CCN(Cc2ccc(-c3ccc(CC(C#N)NC(=O)C4(N)Cc5cnsc5C4)cc3)cc2)CC1. The molecule has 36 heavy (non-hydrogen) atoms. The minimum atomic E-state index is -1.00. The van der Waals surface area contributed by atoms with Gasteiger partial charge in [0, 0.05) is 63.1 Å². The van der Waals surface area contributed by atoms with E-state index >= 15 is 0 Å². The lowest BCUT2D eigenvalue weighted by atomic mass is 9.95. The number of carbonyl (C=O) groups is 1. The monoisotopic (exact) mass is 500 g/mol. The number of hydrogen-bond acceptors (Lipinski definition) is 7. The third-order valence-electron chi connectivity index (χ3n) is 7.31. The molecule has 5 rings (SSSR count). The first kappa shape index (κ1) is 24.6. The van der Waals surface area contributed by atoms with Crippen LogP contribution in [0, 0.1) is 11.3 Å². The summed E-state index contributed by atoms with van der Waals surface area (Å²) in [6, 6.07) is 18.6. The number of aromatic nitrogens is 1. The first-order chi connectivity index (χ1) is 17.4. The van der Waals surface area contributed by atoms with Crippen molar-refractivity contribution in [1.29, 1.82) is 5.26 Å². The summed E-state index contributed by atoms with van der Waals surface area (Å²) < 4.78 is 4.16. The number of amides is 1. The van der Waals surface area contributed by atoms with Crippen LogP contribution in [0.5, 0.6) is 0 Å². The number of nitrogens with zero attached hydrogens (tertiary/aromatic N) is 4. The van der Waals surface area contributed by atoms with Crippen LogP contribution < -0.4 is 11.1 Å². The molecule has 1 saturated heterocycles. The zero-order valence-corrected chi connectivity index (χ0v) is 21.4. The number of likely N-dealkylation sites (N-methyl/N-ethyl adjacent to an activating group) is 1. The van der Waals surface area contributed by atoms with Gasteiger partial charge in [0.05, 0.1) is 6.07 Å². The molecule has 1 fully saturated rings. The van der Waals surface area contributed by atoms with E-state index in [-0.39, 0.29) is 5.91 Å². The normalized spacial score (nSPS) is 21.0. The van der Waals surface area contributed by atoms with Gasteiger partial charge in [0.15, 0.2) is 0 Å². The number of benzene rings is 2. The van der Waals surface area contributed by atoms with Gasteiger partial charge in [-0.25, -0.2) is 4.37 Å². The van der Waals surface area contributed by atoms with E-state index in [0.29, 0.717) is 19.3 Å². The number of hydrogen-bond donors (Lipinski definition) is 2. The summed E-state index contributed by atoms with van der Waals surface area (Å²) >= 11 is 1.39. The molecule has 1 amide bonds. The van der Waals surface area contributed by atoms with Crippen LogP contribution in [-0.2, 0) is 30.6 Å². The zero-order chi connectivity index (χ0) is 25.1. The Bertz CT molecular complexity index is 1220. The second-order valence-electron chi connectivity index (χ2n) is 10.1. The van der Waals surface area contributed by atoms with E-state index in [1.165, 1.54) is 22.7 Å². The van der Waals surface area contributed by atoms with Gasteiger partial charge in [-0.15, -0.1) is 0 Å². The van der Waals surface area contributed by atoms with E-state index in [9.17, 15) is 10.1 Å². The molecule has 0 saturated carbocycles. The summed E-state index contributed by atoms with van der Waals surface area (Å²) in [6.07, 6.45) is 3.16. The Labute approximate surface area is 216 Å². The smallest absolute Gasteiger partial charge is 0.241 e. The Morgan fingerprint density at radius 3 is 2.33 bits per heavy atom. The first-order valence-corrected chi connectivity index (χ1v) is 13.2. The number of nitrogens with one attached hydrogen (secondary N) is 1. The molecule has 8 heteroatoms. The highest BCUT2D eigenvalue weighted by Crippen LogP contribution is 2.31. The van der Waals surface area contributed by atoms with Crippen LogP contribution in [0.4, 0.5) is 0 Å². The van der Waals surface area contributed by atoms with Crippen LogP contribution in [0.2, 0.25) is 0 Å². The van der Waals surface area contributed by atoms with Gasteiger partial charge in [-0.2, -0.15) is 5.26 Å². The van der Waals surface area contributed by atoms with Crippen LogP contribution in [0.15, 0.2) is 54.7 Å². The molecular weight excluding hydrogens is 468 g/mol. The van der Waals surface area contributed by atoms with E-state index in [2.05, 4.69) is 69.0 Å². The molecule has 3 aromatic rings. The highest BCUT2D eigenvalue weighted by atomic mass is 32.1. The standard InChI is InChI=1S/C28H32N6OS/c1-33-10-12-34(13-11-33)19-21-4-8-23(9-5-21)22-6-2-20(3-7-22)14-25(17-29)32-27(35)28(30)15-24-18-31-36-26(24)16-28/h2-9,18,25H,10-16,19,30H2,1H3,(H,32,35). The molecule has 186 valence electrons. The maximum absolute atomic E-state index is 12.9. The maximum Gasteiger partial charge on any atom is 0.241 e. The summed E-state index contributed by atoms with van der Waals surface area (Å²) in [7, 11) is 2.18. The van der Waals surface area contributed by atoms with Gasteiger partial charge in [0.2, 0.25) is 5.91 Å². The predicted molar refractivity (Wildman–Crippen MR) is 142 cm³/mol. The largest absolute Gasteiger partial charge is 0.338 e. The van der Waals surface area contributed by atoms with Gasteiger partial charge in [0.25, 0.3) is 0 Å².